The van der Waals surface area contributed by atoms with Crippen molar-refractivity contribution in [3.8, 4) is 0 Å². The Kier molecular flexibility index (Phi) is 4.41. The van der Waals surface area contributed by atoms with Gasteiger partial charge in [-0.05, 0) is 54.2 Å². The molecule has 1 aromatic heterocycles. The summed E-state index contributed by atoms with van der Waals surface area (Å²) in [5.41, 5.74) is 0.838. The molecule has 1 amide bonds. The van der Waals surface area contributed by atoms with Crippen molar-refractivity contribution in [3.63, 3.8) is 0 Å². The maximum Gasteiger partial charge on any atom is 0.270 e. The van der Waals surface area contributed by atoms with Gasteiger partial charge in [-0.1, -0.05) is 6.92 Å². The van der Waals surface area contributed by atoms with E-state index in [1.807, 2.05) is 18.0 Å². The van der Waals surface area contributed by atoms with E-state index in [4.69, 9.17) is 0 Å². The summed E-state index contributed by atoms with van der Waals surface area (Å²) >= 11 is 3.51. The van der Waals surface area contributed by atoms with Crippen molar-refractivity contribution in [2.24, 2.45) is 0 Å². The van der Waals surface area contributed by atoms with Crippen molar-refractivity contribution < 1.29 is 4.79 Å². The molecule has 1 aromatic rings. The molecule has 0 spiro atoms. The van der Waals surface area contributed by atoms with Gasteiger partial charge in [0.2, 0.25) is 0 Å². The number of likely N-dealkylation sites (tertiary alicyclic amines) is 1. The van der Waals surface area contributed by atoms with Crippen molar-refractivity contribution in [1.82, 2.24) is 14.4 Å². The highest BCUT2D eigenvalue weighted by Gasteiger charge is 2.31. The second kappa shape index (κ2) is 6.13. The zero-order valence-electron chi connectivity index (χ0n) is 12.9. The Hall–Kier alpha value is -0.810. The quantitative estimate of drug-likeness (QED) is 0.831. The molecule has 1 aliphatic heterocycles. The lowest BCUT2D eigenvalue weighted by molar-refractivity contribution is 0.0636. The number of carbonyl (C=O) groups excluding carboxylic acids is 1. The van der Waals surface area contributed by atoms with E-state index in [2.05, 4.69) is 38.5 Å². The molecule has 0 unspecified atom stereocenters. The van der Waals surface area contributed by atoms with E-state index in [0.717, 1.165) is 42.6 Å². The molecule has 2 aliphatic rings. The van der Waals surface area contributed by atoms with Gasteiger partial charge in [-0.15, -0.1) is 0 Å². The first-order chi connectivity index (χ1) is 10.1. The third kappa shape index (κ3) is 3.19. The Labute approximate surface area is 135 Å². The molecule has 4 nitrogen and oxygen atoms in total. The molecular formula is C16H24BrN3O. The SMILES string of the molecule is CCN1CCC(N(C)C(=O)c2cc(Br)cn2C2CC2)CC1. The summed E-state index contributed by atoms with van der Waals surface area (Å²) in [7, 11) is 1.97. The third-order valence-corrected chi connectivity index (χ3v) is 5.28. The largest absolute Gasteiger partial charge is 0.339 e. The van der Waals surface area contributed by atoms with Gasteiger partial charge in [0, 0.05) is 42.9 Å². The van der Waals surface area contributed by atoms with Gasteiger partial charge in [0.15, 0.2) is 0 Å². The molecule has 5 heteroatoms. The number of hydrogen-bond acceptors (Lipinski definition) is 2. The minimum Gasteiger partial charge on any atom is -0.339 e. The Morgan fingerprint density at radius 1 is 1.33 bits per heavy atom. The highest BCUT2D eigenvalue weighted by Crippen LogP contribution is 2.38. The number of amides is 1. The molecular weight excluding hydrogens is 330 g/mol. The minimum atomic E-state index is 0.169. The van der Waals surface area contributed by atoms with Crippen molar-refractivity contribution in [1.29, 1.82) is 0 Å². The zero-order chi connectivity index (χ0) is 15.0. The second-order valence-corrected chi connectivity index (χ2v) is 7.18. The van der Waals surface area contributed by atoms with Gasteiger partial charge in [-0.3, -0.25) is 4.79 Å². The fourth-order valence-electron chi connectivity index (χ4n) is 3.24. The zero-order valence-corrected chi connectivity index (χ0v) is 14.5. The van der Waals surface area contributed by atoms with Crippen molar-refractivity contribution in [2.45, 2.75) is 44.7 Å². The maximum atomic E-state index is 12.8. The number of aromatic nitrogens is 1. The average molecular weight is 354 g/mol. The van der Waals surface area contributed by atoms with Gasteiger partial charge >= 0.3 is 0 Å². The average Bonchev–Trinajstić information content (AvgIpc) is 3.28. The van der Waals surface area contributed by atoms with Crippen LogP contribution in [0.1, 0.15) is 49.1 Å². The molecule has 0 aromatic carbocycles. The van der Waals surface area contributed by atoms with E-state index in [-0.39, 0.29) is 5.91 Å². The molecule has 3 rings (SSSR count). The first-order valence-electron chi connectivity index (χ1n) is 7.97. The number of piperidine rings is 1. The molecule has 116 valence electrons. The Balaban J connectivity index is 1.70. The molecule has 0 N–H and O–H groups in total. The van der Waals surface area contributed by atoms with Gasteiger partial charge in [0.25, 0.3) is 5.91 Å². The topological polar surface area (TPSA) is 28.5 Å². The van der Waals surface area contributed by atoms with E-state index in [1.165, 1.54) is 12.8 Å². The summed E-state index contributed by atoms with van der Waals surface area (Å²) in [6.07, 6.45) is 6.61. The van der Waals surface area contributed by atoms with Crippen LogP contribution < -0.4 is 0 Å². The molecule has 2 fully saturated rings. The fourth-order valence-corrected chi connectivity index (χ4v) is 3.68. The van der Waals surface area contributed by atoms with Crippen molar-refractivity contribution >= 4 is 21.8 Å². The van der Waals surface area contributed by atoms with Gasteiger partial charge in [0.1, 0.15) is 5.69 Å². The molecule has 1 saturated heterocycles. The smallest absolute Gasteiger partial charge is 0.270 e. The lowest BCUT2D eigenvalue weighted by Gasteiger charge is -2.36. The number of halogens is 1. The van der Waals surface area contributed by atoms with E-state index < -0.39 is 0 Å². The predicted molar refractivity (Wildman–Crippen MR) is 87.6 cm³/mol. The second-order valence-electron chi connectivity index (χ2n) is 6.26. The summed E-state index contributed by atoms with van der Waals surface area (Å²) < 4.78 is 3.16. The molecule has 2 heterocycles. The van der Waals surface area contributed by atoms with Gasteiger partial charge in [0.05, 0.1) is 0 Å². The third-order valence-electron chi connectivity index (χ3n) is 4.85. The summed E-state index contributed by atoms with van der Waals surface area (Å²) in [6.45, 7) is 5.52. The maximum absolute atomic E-state index is 12.8. The van der Waals surface area contributed by atoms with Crippen LogP contribution in [0.3, 0.4) is 0 Å². The standard InChI is InChI=1S/C16H24BrN3O/c1-3-19-8-6-13(7-9-19)18(2)16(21)15-10-12(17)11-20(15)14-4-5-14/h10-11,13-14H,3-9H2,1-2H3. The summed E-state index contributed by atoms with van der Waals surface area (Å²) in [5, 5.41) is 0. The Morgan fingerprint density at radius 2 is 2.00 bits per heavy atom. The van der Waals surface area contributed by atoms with Crippen LogP contribution >= 0.6 is 15.9 Å². The fraction of sp³-hybridized carbons (Fsp3) is 0.688. The number of hydrogen-bond donors (Lipinski definition) is 0. The van der Waals surface area contributed by atoms with Crippen LogP contribution in [0, 0.1) is 0 Å². The highest BCUT2D eigenvalue weighted by atomic mass is 79.9. The lowest BCUT2D eigenvalue weighted by Crippen LogP contribution is -2.45. The van der Waals surface area contributed by atoms with Crippen LogP contribution in [0.2, 0.25) is 0 Å². The molecule has 1 saturated carbocycles. The molecule has 0 radical (unpaired) electrons. The van der Waals surface area contributed by atoms with Crippen molar-refractivity contribution in [3.05, 3.63) is 22.4 Å². The molecule has 0 atom stereocenters. The van der Waals surface area contributed by atoms with E-state index >= 15 is 0 Å². The highest BCUT2D eigenvalue weighted by molar-refractivity contribution is 9.10. The van der Waals surface area contributed by atoms with E-state index in [9.17, 15) is 4.79 Å². The van der Waals surface area contributed by atoms with Crippen LogP contribution in [0.4, 0.5) is 0 Å². The molecule has 1 aliphatic carbocycles. The first-order valence-corrected chi connectivity index (χ1v) is 8.76. The van der Waals surface area contributed by atoms with Crippen molar-refractivity contribution in [2.75, 3.05) is 26.7 Å². The summed E-state index contributed by atoms with van der Waals surface area (Å²) in [4.78, 5) is 17.3. The van der Waals surface area contributed by atoms with Crippen LogP contribution in [0.15, 0.2) is 16.7 Å². The normalized spacial score (nSPS) is 20.7. The van der Waals surface area contributed by atoms with Crippen LogP contribution in [0.5, 0.6) is 0 Å². The van der Waals surface area contributed by atoms with Gasteiger partial charge < -0.3 is 14.4 Å². The van der Waals surface area contributed by atoms with Gasteiger partial charge in [-0.2, -0.15) is 0 Å². The lowest BCUT2D eigenvalue weighted by atomic mass is 10.0. The number of nitrogens with zero attached hydrogens (tertiary/aromatic N) is 3. The first kappa shape index (κ1) is 15.1. The van der Waals surface area contributed by atoms with Crippen LogP contribution in [-0.2, 0) is 0 Å². The monoisotopic (exact) mass is 353 g/mol. The van der Waals surface area contributed by atoms with E-state index in [0.29, 0.717) is 12.1 Å². The van der Waals surface area contributed by atoms with Crippen LogP contribution in [-0.4, -0.2) is 53.0 Å². The number of carbonyl (C=O) groups is 1. The number of rotatable bonds is 4. The Bertz CT molecular complexity index is 516. The van der Waals surface area contributed by atoms with Gasteiger partial charge in [-0.25, -0.2) is 0 Å². The summed E-state index contributed by atoms with van der Waals surface area (Å²) in [6, 6.07) is 2.88. The minimum absolute atomic E-state index is 0.169. The predicted octanol–water partition coefficient (Wildman–Crippen LogP) is 3.14. The van der Waals surface area contributed by atoms with E-state index in [1.54, 1.807) is 0 Å². The Morgan fingerprint density at radius 3 is 2.57 bits per heavy atom. The molecule has 0 bridgehead atoms. The molecule has 21 heavy (non-hydrogen) atoms. The summed E-state index contributed by atoms with van der Waals surface area (Å²) in [5.74, 6) is 0.169. The van der Waals surface area contributed by atoms with Crippen LogP contribution in [0.25, 0.3) is 0 Å².